The number of fused-ring (bicyclic) bond motifs is 4. The summed E-state index contributed by atoms with van der Waals surface area (Å²) in [7, 11) is 3.53. The molecule has 1 fully saturated rings. The molecule has 2 aromatic carbocycles. The van der Waals surface area contributed by atoms with Gasteiger partial charge in [-0.1, -0.05) is 35.9 Å². The molecule has 0 aromatic heterocycles. The minimum Gasteiger partial charge on any atom is -0.490 e. The van der Waals surface area contributed by atoms with Crippen LogP contribution in [0.4, 0.5) is 5.69 Å². The number of nitrogens with zero attached hydrogens (tertiary/aromatic N) is 2. The van der Waals surface area contributed by atoms with Crippen LogP contribution in [0.25, 0.3) is 0 Å². The highest BCUT2D eigenvalue weighted by Gasteiger charge is 2.44. The molecule has 4 aliphatic rings. The SMILES string of the molecule is CO[C@H]1/C=C\CCN(C)C(=O)C[C@@H](C(=O)O)c2ccc3c(c2)N(C[C@@H]2CC[C@H]21)C[C@@]1(CCCc2cc(Cl)ccc21)CO3. The molecular weight excluding hydrogens is 552 g/mol. The first-order chi connectivity index (χ1) is 20.3. The Labute approximate surface area is 253 Å². The van der Waals surface area contributed by atoms with Crippen molar-refractivity contribution in [1.82, 2.24) is 4.90 Å². The number of hydrogen-bond acceptors (Lipinski definition) is 5. The molecule has 0 saturated heterocycles. The molecule has 2 aliphatic heterocycles. The smallest absolute Gasteiger partial charge is 0.311 e. The summed E-state index contributed by atoms with van der Waals surface area (Å²) >= 11 is 6.42. The lowest BCUT2D eigenvalue weighted by Gasteiger charge is -2.46. The highest BCUT2D eigenvalue weighted by atomic mass is 35.5. The van der Waals surface area contributed by atoms with Gasteiger partial charge in [-0.05, 0) is 91.3 Å². The Morgan fingerprint density at radius 2 is 2.05 bits per heavy atom. The van der Waals surface area contributed by atoms with E-state index in [1.54, 1.807) is 19.1 Å². The molecular formula is C34H41ClN2O5. The number of ether oxygens (including phenoxy) is 2. The van der Waals surface area contributed by atoms with Gasteiger partial charge in [0.1, 0.15) is 5.75 Å². The van der Waals surface area contributed by atoms with Gasteiger partial charge < -0.3 is 24.4 Å². The number of aliphatic carboxylic acids is 1. The normalized spacial score (nSPS) is 30.4. The molecule has 5 atom stereocenters. The van der Waals surface area contributed by atoms with Crippen LogP contribution in [0, 0.1) is 11.8 Å². The van der Waals surface area contributed by atoms with Crippen LogP contribution in [-0.2, 0) is 26.2 Å². The van der Waals surface area contributed by atoms with Crippen LogP contribution in [-0.4, -0.2) is 68.4 Å². The van der Waals surface area contributed by atoms with Crippen LogP contribution in [0.1, 0.15) is 61.1 Å². The Balaban J connectivity index is 1.44. The molecule has 1 saturated carbocycles. The van der Waals surface area contributed by atoms with Crippen molar-refractivity contribution >= 4 is 29.2 Å². The Bertz CT molecular complexity index is 1380. The molecule has 2 aromatic rings. The van der Waals surface area contributed by atoms with Crippen molar-refractivity contribution in [2.45, 2.75) is 62.4 Å². The number of halogens is 1. The quantitative estimate of drug-likeness (QED) is 0.442. The highest BCUT2D eigenvalue weighted by Crippen LogP contribution is 2.47. The zero-order valence-electron chi connectivity index (χ0n) is 24.6. The summed E-state index contributed by atoms with van der Waals surface area (Å²) in [6.07, 6.45) is 10.2. The van der Waals surface area contributed by atoms with E-state index in [1.807, 2.05) is 24.3 Å². The van der Waals surface area contributed by atoms with Gasteiger partial charge in [0.15, 0.2) is 0 Å². The minimum absolute atomic E-state index is 0.0228. The van der Waals surface area contributed by atoms with E-state index in [2.05, 4.69) is 29.2 Å². The maximum Gasteiger partial charge on any atom is 0.311 e. The van der Waals surface area contributed by atoms with E-state index in [-0.39, 0.29) is 23.8 Å². The maximum atomic E-state index is 13.1. The lowest BCUT2D eigenvalue weighted by Crippen LogP contribution is -2.49. The number of anilines is 1. The lowest BCUT2D eigenvalue weighted by atomic mass is 9.68. The molecule has 7 nitrogen and oxygen atoms in total. The number of benzene rings is 2. The summed E-state index contributed by atoms with van der Waals surface area (Å²) in [4.78, 5) is 29.7. The summed E-state index contributed by atoms with van der Waals surface area (Å²) in [5.74, 6) is -0.495. The van der Waals surface area contributed by atoms with Crippen LogP contribution in [0.15, 0.2) is 48.6 Å². The number of carboxylic acids is 1. The number of carboxylic acid groups (broad SMARTS) is 1. The molecule has 6 rings (SSSR count). The van der Waals surface area contributed by atoms with Crippen molar-refractivity contribution in [3.05, 3.63) is 70.3 Å². The van der Waals surface area contributed by atoms with Crippen LogP contribution in [0.5, 0.6) is 5.75 Å². The number of carbonyl (C=O) groups excluding carboxylic acids is 1. The summed E-state index contributed by atoms with van der Waals surface area (Å²) in [5.41, 5.74) is 3.94. The van der Waals surface area contributed by atoms with Gasteiger partial charge in [-0.3, -0.25) is 9.59 Å². The minimum atomic E-state index is -0.990. The van der Waals surface area contributed by atoms with Crippen molar-refractivity contribution in [2.24, 2.45) is 11.8 Å². The van der Waals surface area contributed by atoms with E-state index in [1.165, 1.54) is 11.1 Å². The molecule has 0 unspecified atom stereocenters. The van der Waals surface area contributed by atoms with Crippen molar-refractivity contribution in [1.29, 1.82) is 0 Å². The summed E-state index contributed by atoms with van der Waals surface area (Å²) in [5, 5.41) is 11.0. The van der Waals surface area contributed by atoms with Crippen LogP contribution >= 0.6 is 11.6 Å². The number of amides is 1. The average molecular weight is 593 g/mol. The molecule has 2 bridgehead atoms. The third-order valence-corrected chi connectivity index (χ3v) is 10.4. The molecule has 1 spiro atoms. The number of carbonyl (C=O) groups is 2. The van der Waals surface area contributed by atoms with Crippen molar-refractivity contribution in [3.8, 4) is 5.75 Å². The van der Waals surface area contributed by atoms with Crippen molar-refractivity contribution in [3.63, 3.8) is 0 Å². The zero-order valence-corrected chi connectivity index (χ0v) is 25.3. The summed E-state index contributed by atoms with van der Waals surface area (Å²) < 4.78 is 12.6. The molecule has 2 heterocycles. The fourth-order valence-electron chi connectivity index (χ4n) is 7.58. The van der Waals surface area contributed by atoms with E-state index in [0.717, 1.165) is 61.7 Å². The van der Waals surface area contributed by atoms with Gasteiger partial charge in [0, 0.05) is 50.7 Å². The van der Waals surface area contributed by atoms with E-state index >= 15 is 0 Å². The molecule has 224 valence electrons. The Kier molecular flexibility index (Phi) is 8.25. The molecule has 8 heteroatoms. The zero-order chi connectivity index (χ0) is 29.4. The number of aryl methyl sites for hydroxylation is 1. The van der Waals surface area contributed by atoms with Gasteiger partial charge in [-0.25, -0.2) is 0 Å². The second-order valence-corrected chi connectivity index (χ2v) is 13.1. The third-order valence-electron chi connectivity index (χ3n) is 10.1. The van der Waals surface area contributed by atoms with Crippen molar-refractivity contribution in [2.75, 3.05) is 45.3 Å². The molecule has 1 amide bonds. The Morgan fingerprint density at radius 1 is 1.19 bits per heavy atom. The predicted octanol–water partition coefficient (Wildman–Crippen LogP) is 5.83. The lowest BCUT2D eigenvalue weighted by molar-refractivity contribution is -0.142. The Morgan fingerprint density at radius 3 is 2.81 bits per heavy atom. The van der Waals surface area contributed by atoms with Crippen LogP contribution < -0.4 is 9.64 Å². The summed E-state index contributed by atoms with van der Waals surface area (Å²) in [6, 6.07) is 12.0. The Hall–Kier alpha value is -3.03. The van der Waals surface area contributed by atoms with E-state index in [0.29, 0.717) is 37.0 Å². The summed E-state index contributed by atoms with van der Waals surface area (Å²) in [6.45, 7) is 2.69. The first-order valence-corrected chi connectivity index (χ1v) is 15.6. The molecule has 1 N–H and O–H groups in total. The first-order valence-electron chi connectivity index (χ1n) is 15.2. The van der Waals surface area contributed by atoms with E-state index in [9.17, 15) is 14.7 Å². The van der Waals surface area contributed by atoms with Gasteiger partial charge in [0.05, 0.1) is 24.3 Å². The van der Waals surface area contributed by atoms with E-state index in [4.69, 9.17) is 21.1 Å². The van der Waals surface area contributed by atoms with Gasteiger partial charge >= 0.3 is 5.97 Å². The number of rotatable bonds is 2. The van der Waals surface area contributed by atoms with Gasteiger partial charge in [0.25, 0.3) is 0 Å². The monoisotopic (exact) mass is 592 g/mol. The fourth-order valence-corrected chi connectivity index (χ4v) is 7.78. The van der Waals surface area contributed by atoms with Crippen LogP contribution in [0.3, 0.4) is 0 Å². The number of hydrogen-bond donors (Lipinski definition) is 1. The predicted molar refractivity (Wildman–Crippen MR) is 164 cm³/mol. The average Bonchev–Trinajstić information content (AvgIpc) is 3.11. The van der Waals surface area contributed by atoms with Crippen LogP contribution in [0.2, 0.25) is 5.02 Å². The van der Waals surface area contributed by atoms with Gasteiger partial charge in [0.2, 0.25) is 5.91 Å². The second kappa shape index (κ2) is 11.9. The molecule has 2 aliphatic carbocycles. The van der Waals surface area contributed by atoms with Gasteiger partial charge in [-0.2, -0.15) is 0 Å². The highest BCUT2D eigenvalue weighted by molar-refractivity contribution is 6.30. The standard InChI is InChI=1S/C34H41ClN2O5/c1-36-15-4-3-7-30(41-2)26-11-8-24(26)19-37-20-34(14-5-6-23-16-25(35)10-12-28(23)34)21-42-31-13-9-22(17-29(31)37)27(33(39)40)18-32(36)38/h3,7,9-10,12-13,16-17,24,26-27,30H,4-6,8,11,14-15,18-21H2,1-2H3,(H,39,40)/b7-3-/t24-,26+,27+,30-,34-/m0/s1. The molecule has 42 heavy (non-hydrogen) atoms. The topological polar surface area (TPSA) is 79.3 Å². The third kappa shape index (κ3) is 5.53. The van der Waals surface area contributed by atoms with E-state index < -0.39 is 11.9 Å². The second-order valence-electron chi connectivity index (χ2n) is 12.7. The fraction of sp³-hybridized carbons (Fsp3) is 0.529. The molecule has 0 radical (unpaired) electrons. The number of methoxy groups -OCH3 is 1. The first kappa shape index (κ1) is 29.1. The van der Waals surface area contributed by atoms with Gasteiger partial charge in [-0.15, -0.1) is 0 Å². The maximum absolute atomic E-state index is 13.1. The largest absolute Gasteiger partial charge is 0.490 e. The van der Waals surface area contributed by atoms with Crippen molar-refractivity contribution < 1.29 is 24.2 Å².